The maximum absolute atomic E-state index is 7.08. The van der Waals surface area contributed by atoms with Crippen LogP contribution in [0.5, 0.6) is 11.5 Å². The fourth-order valence-electron chi connectivity index (χ4n) is 9.54. The molecular weight excluding hydrogens is 645 g/mol. The van der Waals surface area contributed by atoms with Gasteiger partial charge in [-0.15, -0.1) is 0 Å². The molecule has 0 unspecified atom stereocenters. The van der Waals surface area contributed by atoms with Crippen molar-refractivity contribution in [1.29, 1.82) is 0 Å². The van der Waals surface area contributed by atoms with E-state index in [4.69, 9.17) is 4.74 Å². The lowest BCUT2D eigenvalue weighted by atomic mass is 9.61. The number of nitrogens with zero attached hydrogens (tertiary/aromatic N) is 2. The first-order valence-corrected chi connectivity index (χ1v) is 18.3. The van der Waals surface area contributed by atoms with Crippen LogP contribution >= 0.6 is 0 Å². The maximum atomic E-state index is 7.08. The van der Waals surface area contributed by atoms with Crippen molar-refractivity contribution in [2.45, 2.75) is 24.7 Å². The van der Waals surface area contributed by atoms with E-state index in [2.05, 4.69) is 169 Å². The summed E-state index contributed by atoms with van der Waals surface area (Å²) < 4.78 is 7.08. The van der Waals surface area contributed by atoms with Crippen LogP contribution in [0, 0.1) is 0 Å². The average molecular weight is 679 g/mol. The number of rotatable bonds is 2. The van der Waals surface area contributed by atoms with Gasteiger partial charge in [0.15, 0.2) is 0 Å². The molecule has 0 amide bonds. The molecule has 0 bridgehead atoms. The van der Waals surface area contributed by atoms with Crippen LogP contribution in [0.4, 0.5) is 0 Å². The molecule has 0 N–H and O–H groups in total. The van der Waals surface area contributed by atoms with E-state index in [0.717, 1.165) is 44.9 Å². The third-order valence-corrected chi connectivity index (χ3v) is 12.0. The Morgan fingerprint density at radius 2 is 0.868 bits per heavy atom. The van der Waals surface area contributed by atoms with Crippen LogP contribution in [0.2, 0.25) is 0 Å². The molecule has 0 atom stereocenters. The average Bonchev–Trinajstić information content (AvgIpc) is 3.38. The highest BCUT2D eigenvalue weighted by Crippen LogP contribution is 2.63. The Morgan fingerprint density at radius 1 is 0.358 bits per heavy atom. The molecule has 2 aromatic heterocycles. The summed E-state index contributed by atoms with van der Waals surface area (Å²) in [5, 5.41) is 0. The maximum Gasteiger partial charge on any atom is 0.132 e. The summed E-state index contributed by atoms with van der Waals surface area (Å²) in [6.45, 7) is 4.68. The standard InChI is InChI=1S/C50H34N2O/c1-49(2)41-12-6-5-11-37(41)40-29-46-48(30-43(40)49)53-47-14-8-7-13-42(47)50(46)44-27-33(31-19-23-51-24-20-31)15-17-38(44)35-9-3-4-10-36(35)39-18-16-34(28-45(39)50)32-21-25-52-26-22-32/h3-30H,1-2H3. The van der Waals surface area contributed by atoms with Gasteiger partial charge in [-0.25, -0.2) is 0 Å². The van der Waals surface area contributed by atoms with Crippen molar-refractivity contribution in [3.05, 3.63) is 204 Å². The van der Waals surface area contributed by atoms with E-state index in [-0.39, 0.29) is 5.41 Å². The van der Waals surface area contributed by atoms with Crippen molar-refractivity contribution in [2.75, 3.05) is 0 Å². The van der Waals surface area contributed by atoms with Gasteiger partial charge in [0.05, 0.1) is 5.41 Å². The summed E-state index contributed by atoms with van der Waals surface area (Å²) in [6.07, 6.45) is 7.52. The lowest BCUT2D eigenvalue weighted by Crippen LogP contribution is -2.35. The highest BCUT2D eigenvalue weighted by molar-refractivity contribution is 5.96. The quantitative estimate of drug-likeness (QED) is 0.183. The summed E-state index contributed by atoms with van der Waals surface area (Å²) >= 11 is 0. The molecule has 0 radical (unpaired) electrons. The van der Waals surface area contributed by atoms with Crippen LogP contribution < -0.4 is 4.74 Å². The number of pyridine rings is 2. The minimum atomic E-state index is -0.753. The lowest BCUT2D eigenvalue weighted by molar-refractivity contribution is 0.433. The molecule has 0 saturated carbocycles. The smallest absolute Gasteiger partial charge is 0.132 e. The molecular formula is C50H34N2O. The van der Waals surface area contributed by atoms with Gasteiger partial charge in [-0.05, 0) is 132 Å². The minimum Gasteiger partial charge on any atom is -0.457 e. The Hall–Kier alpha value is -6.58. The van der Waals surface area contributed by atoms with Crippen LogP contribution in [-0.4, -0.2) is 9.97 Å². The van der Waals surface area contributed by atoms with Gasteiger partial charge in [0.1, 0.15) is 11.5 Å². The molecule has 3 heterocycles. The Balaban J connectivity index is 1.36. The van der Waals surface area contributed by atoms with Crippen molar-refractivity contribution in [2.24, 2.45) is 0 Å². The topological polar surface area (TPSA) is 35.0 Å². The van der Waals surface area contributed by atoms with Gasteiger partial charge in [0, 0.05) is 41.3 Å². The Morgan fingerprint density at radius 3 is 1.47 bits per heavy atom. The zero-order chi connectivity index (χ0) is 35.3. The van der Waals surface area contributed by atoms with Crippen molar-refractivity contribution in [1.82, 2.24) is 9.97 Å². The summed E-state index contributed by atoms with van der Waals surface area (Å²) in [5.74, 6) is 1.77. The van der Waals surface area contributed by atoms with Crippen LogP contribution in [0.3, 0.4) is 0 Å². The predicted octanol–water partition coefficient (Wildman–Crippen LogP) is 12.3. The number of hydrogen-bond donors (Lipinski definition) is 0. The number of para-hydroxylation sites is 1. The number of hydrogen-bond acceptors (Lipinski definition) is 3. The zero-order valence-electron chi connectivity index (χ0n) is 29.5. The SMILES string of the molecule is CC1(C)c2ccccc2-c2cc3c(cc21)Oc1ccccc1C31c2cc(-c3ccncc3)ccc2-c2ccccc2-c2ccc(-c3ccncc3)cc21. The van der Waals surface area contributed by atoms with Crippen molar-refractivity contribution in [3.8, 4) is 67.1 Å². The summed E-state index contributed by atoms with van der Waals surface area (Å²) in [6, 6.07) is 53.8. The molecule has 11 rings (SSSR count). The molecule has 6 aromatic carbocycles. The van der Waals surface area contributed by atoms with E-state index in [9.17, 15) is 0 Å². The Kier molecular flexibility index (Phi) is 6.22. The van der Waals surface area contributed by atoms with E-state index in [0.29, 0.717) is 0 Å². The molecule has 250 valence electrons. The summed E-state index contributed by atoms with van der Waals surface area (Å²) in [5.41, 5.74) is 18.4. The molecule has 3 nitrogen and oxygen atoms in total. The first kappa shape index (κ1) is 30.1. The summed E-state index contributed by atoms with van der Waals surface area (Å²) in [4.78, 5) is 8.71. The van der Waals surface area contributed by atoms with Crippen molar-refractivity contribution < 1.29 is 4.74 Å². The van der Waals surface area contributed by atoms with Gasteiger partial charge in [0.25, 0.3) is 0 Å². The first-order valence-electron chi connectivity index (χ1n) is 18.3. The molecule has 0 saturated heterocycles. The largest absolute Gasteiger partial charge is 0.457 e. The van der Waals surface area contributed by atoms with Gasteiger partial charge in [-0.1, -0.05) is 105 Å². The third-order valence-electron chi connectivity index (χ3n) is 12.0. The fraction of sp³-hybridized carbons (Fsp3) is 0.0800. The second-order valence-corrected chi connectivity index (χ2v) is 15.0. The molecule has 3 heteroatoms. The molecule has 53 heavy (non-hydrogen) atoms. The number of ether oxygens (including phenoxy) is 1. The fourth-order valence-corrected chi connectivity index (χ4v) is 9.54. The summed E-state index contributed by atoms with van der Waals surface area (Å²) in [7, 11) is 0. The van der Waals surface area contributed by atoms with E-state index in [1.807, 2.05) is 24.8 Å². The Labute approximate surface area is 309 Å². The predicted molar refractivity (Wildman–Crippen MR) is 213 cm³/mol. The molecule has 0 fully saturated rings. The van der Waals surface area contributed by atoms with Crippen LogP contribution in [0.15, 0.2) is 170 Å². The molecule has 1 aliphatic heterocycles. The second kappa shape index (κ2) is 11.0. The van der Waals surface area contributed by atoms with Crippen LogP contribution in [0.1, 0.15) is 47.2 Å². The van der Waals surface area contributed by atoms with Crippen molar-refractivity contribution in [3.63, 3.8) is 0 Å². The molecule has 8 aromatic rings. The highest BCUT2D eigenvalue weighted by Gasteiger charge is 2.51. The van der Waals surface area contributed by atoms with Gasteiger partial charge >= 0.3 is 0 Å². The highest BCUT2D eigenvalue weighted by atomic mass is 16.5. The first-order chi connectivity index (χ1) is 26.0. The number of aromatic nitrogens is 2. The number of benzene rings is 6. The van der Waals surface area contributed by atoms with Crippen LogP contribution in [0.25, 0.3) is 55.6 Å². The Bertz CT molecular complexity index is 2670. The minimum absolute atomic E-state index is 0.174. The van der Waals surface area contributed by atoms with E-state index < -0.39 is 5.41 Å². The van der Waals surface area contributed by atoms with Gasteiger partial charge in [0.2, 0.25) is 0 Å². The van der Waals surface area contributed by atoms with E-state index >= 15 is 0 Å². The zero-order valence-corrected chi connectivity index (χ0v) is 29.5. The monoisotopic (exact) mass is 678 g/mol. The molecule has 3 aliphatic rings. The molecule has 1 spiro atoms. The van der Waals surface area contributed by atoms with Crippen molar-refractivity contribution >= 4 is 0 Å². The molecule has 2 aliphatic carbocycles. The second-order valence-electron chi connectivity index (χ2n) is 15.0. The van der Waals surface area contributed by atoms with E-state index in [1.54, 1.807) is 0 Å². The van der Waals surface area contributed by atoms with Gasteiger partial charge in [-0.3, -0.25) is 9.97 Å². The van der Waals surface area contributed by atoms with Gasteiger partial charge < -0.3 is 4.74 Å². The van der Waals surface area contributed by atoms with E-state index in [1.165, 1.54) is 55.6 Å². The van der Waals surface area contributed by atoms with Gasteiger partial charge in [-0.2, -0.15) is 0 Å². The third kappa shape index (κ3) is 4.11. The van der Waals surface area contributed by atoms with Crippen LogP contribution in [-0.2, 0) is 10.8 Å². The normalized spacial score (nSPS) is 14.7. The number of fused-ring (bicyclic) bond motifs is 14. The lowest BCUT2D eigenvalue weighted by Gasteiger charge is -2.43.